The van der Waals surface area contributed by atoms with Crippen LogP contribution in [0.15, 0.2) is 8.99 Å². The van der Waals surface area contributed by atoms with Gasteiger partial charge in [0.2, 0.25) is 0 Å². The molecule has 1 aliphatic carbocycles. The average molecular weight is 282 g/mol. The Morgan fingerprint density at radius 2 is 2.00 bits per heavy atom. The second-order valence-corrected chi connectivity index (χ2v) is 5.82. The molecule has 0 N–H and O–H groups in total. The maximum Gasteiger partial charge on any atom is 0.0417 e. The first kappa shape index (κ1) is 9.90. The molecule has 0 aliphatic heterocycles. The zero-order chi connectivity index (χ0) is 8.10. The van der Waals surface area contributed by atoms with E-state index in [9.17, 15) is 0 Å². The average Bonchev–Trinajstić information content (AvgIpc) is 2.06. The molecule has 0 radical (unpaired) electrons. The van der Waals surface area contributed by atoms with Crippen LogP contribution in [-0.4, -0.2) is 6.26 Å². The molecule has 0 nitrogen and oxygen atoms in total. The Bertz CT molecular complexity index is 136. The lowest BCUT2D eigenvalue weighted by molar-refractivity contribution is 0.419. The Balaban J connectivity index is 2.34. The van der Waals surface area contributed by atoms with Gasteiger partial charge >= 0.3 is 0 Å². The number of rotatable bonds is 2. The summed E-state index contributed by atoms with van der Waals surface area (Å²) in [4.78, 5) is 0. The summed E-state index contributed by atoms with van der Waals surface area (Å²) >= 11 is 4.30. The number of halogens is 1. The van der Waals surface area contributed by atoms with Gasteiger partial charge in [-0.1, -0.05) is 25.3 Å². The molecule has 11 heavy (non-hydrogen) atoms. The highest BCUT2D eigenvalue weighted by Gasteiger charge is 2.10. The smallest absolute Gasteiger partial charge is 0.0417 e. The summed E-state index contributed by atoms with van der Waals surface area (Å²) in [6.07, 6.45) is 11.8. The maximum atomic E-state index is 2.45. The van der Waals surface area contributed by atoms with Crippen LogP contribution >= 0.6 is 34.4 Å². The summed E-state index contributed by atoms with van der Waals surface area (Å²) in [6, 6.07) is 0. The molecule has 2 heteroatoms. The molecule has 0 heterocycles. The van der Waals surface area contributed by atoms with E-state index in [1.54, 1.807) is 0 Å². The van der Waals surface area contributed by atoms with Crippen molar-refractivity contribution in [3.63, 3.8) is 0 Å². The molecule has 64 valence electrons. The van der Waals surface area contributed by atoms with Gasteiger partial charge in [0.25, 0.3) is 0 Å². The minimum Gasteiger partial charge on any atom is -0.123 e. The van der Waals surface area contributed by atoms with Crippen LogP contribution in [0.2, 0.25) is 0 Å². The Kier molecular flexibility index (Phi) is 4.92. The van der Waals surface area contributed by atoms with E-state index < -0.39 is 0 Å². The molecular weight excluding hydrogens is 267 g/mol. The number of hydrogen-bond acceptors (Lipinski definition) is 1. The Hall–Kier alpha value is 0.820. The lowest BCUT2D eigenvalue weighted by Gasteiger charge is -2.18. The van der Waals surface area contributed by atoms with Gasteiger partial charge in [-0.3, -0.25) is 0 Å². The highest BCUT2D eigenvalue weighted by molar-refractivity contribution is 14.1. The molecule has 0 atom stereocenters. The maximum absolute atomic E-state index is 2.45. The van der Waals surface area contributed by atoms with Crippen molar-refractivity contribution in [3.8, 4) is 0 Å². The van der Waals surface area contributed by atoms with Crippen molar-refractivity contribution < 1.29 is 0 Å². The minimum absolute atomic E-state index is 0.892. The van der Waals surface area contributed by atoms with E-state index in [0.717, 1.165) is 5.92 Å². The Morgan fingerprint density at radius 3 is 2.55 bits per heavy atom. The fraction of sp³-hybridized carbons (Fsp3) is 0.778. The van der Waals surface area contributed by atoms with E-state index in [-0.39, 0.29) is 0 Å². The first-order valence-corrected chi connectivity index (χ1v) is 6.54. The summed E-state index contributed by atoms with van der Waals surface area (Å²) in [6.45, 7) is 0. The van der Waals surface area contributed by atoms with Gasteiger partial charge in [-0.05, 0) is 47.6 Å². The zero-order valence-corrected chi connectivity index (χ0v) is 9.95. The number of hydrogen-bond donors (Lipinski definition) is 0. The van der Waals surface area contributed by atoms with Gasteiger partial charge in [-0.25, -0.2) is 0 Å². The highest BCUT2D eigenvalue weighted by Crippen LogP contribution is 2.29. The zero-order valence-electron chi connectivity index (χ0n) is 6.98. The van der Waals surface area contributed by atoms with Crippen LogP contribution in [0.1, 0.15) is 32.1 Å². The topological polar surface area (TPSA) is 0 Å². The van der Waals surface area contributed by atoms with E-state index in [2.05, 4.69) is 34.9 Å². The molecule has 0 bridgehead atoms. The largest absolute Gasteiger partial charge is 0.123 e. The van der Waals surface area contributed by atoms with Crippen molar-refractivity contribution in [3.05, 3.63) is 8.99 Å². The molecule has 1 aliphatic rings. The van der Waals surface area contributed by atoms with Gasteiger partial charge in [0.1, 0.15) is 0 Å². The fourth-order valence-corrected chi connectivity index (χ4v) is 2.39. The van der Waals surface area contributed by atoms with Gasteiger partial charge in [0.15, 0.2) is 0 Å². The molecule has 0 aromatic rings. The third kappa shape index (κ3) is 3.83. The third-order valence-corrected chi connectivity index (χ3v) is 4.42. The van der Waals surface area contributed by atoms with Crippen LogP contribution < -0.4 is 0 Å². The van der Waals surface area contributed by atoms with Crippen molar-refractivity contribution in [1.82, 2.24) is 0 Å². The molecule has 0 saturated heterocycles. The Labute approximate surface area is 87.3 Å². The quantitative estimate of drug-likeness (QED) is 0.684. The van der Waals surface area contributed by atoms with Crippen molar-refractivity contribution in [2.24, 2.45) is 5.92 Å². The fourth-order valence-electron chi connectivity index (χ4n) is 1.55. The van der Waals surface area contributed by atoms with Crippen LogP contribution in [0, 0.1) is 5.92 Å². The molecule has 0 aromatic heterocycles. The van der Waals surface area contributed by atoms with E-state index in [4.69, 9.17) is 0 Å². The van der Waals surface area contributed by atoms with Gasteiger partial charge in [-0.2, -0.15) is 0 Å². The lowest BCUT2D eigenvalue weighted by atomic mass is 9.90. The van der Waals surface area contributed by atoms with Gasteiger partial charge in [0, 0.05) is 2.91 Å². The standard InChI is InChI=1S/C9H15IS/c1-11-9(10)7-8-5-3-2-4-6-8/h7-8H,2-6H2,1H3. The first-order valence-electron chi connectivity index (χ1n) is 4.24. The van der Waals surface area contributed by atoms with E-state index >= 15 is 0 Å². The van der Waals surface area contributed by atoms with Crippen LogP contribution in [0.3, 0.4) is 0 Å². The predicted molar refractivity (Wildman–Crippen MR) is 62.2 cm³/mol. The molecular formula is C9H15IS. The SMILES string of the molecule is CSC(I)=CC1CCCCC1. The minimum atomic E-state index is 0.892. The van der Waals surface area contributed by atoms with Crippen molar-refractivity contribution in [2.45, 2.75) is 32.1 Å². The van der Waals surface area contributed by atoms with Crippen LogP contribution in [0.5, 0.6) is 0 Å². The molecule has 0 aromatic carbocycles. The summed E-state index contributed by atoms with van der Waals surface area (Å²) in [5, 5.41) is 0. The summed E-state index contributed by atoms with van der Waals surface area (Å²) < 4.78 is 1.47. The first-order chi connectivity index (χ1) is 5.33. The van der Waals surface area contributed by atoms with Gasteiger partial charge in [0.05, 0.1) is 0 Å². The Morgan fingerprint density at radius 1 is 1.36 bits per heavy atom. The predicted octanol–water partition coefficient (Wildman–Crippen LogP) is 4.21. The van der Waals surface area contributed by atoms with Crippen LogP contribution in [0.4, 0.5) is 0 Å². The lowest BCUT2D eigenvalue weighted by Crippen LogP contribution is -2.02. The normalized spacial score (nSPS) is 22.2. The third-order valence-electron chi connectivity index (χ3n) is 2.21. The van der Waals surface area contributed by atoms with Crippen molar-refractivity contribution >= 4 is 34.4 Å². The second kappa shape index (κ2) is 5.46. The van der Waals surface area contributed by atoms with E-state index in [1.807, 2.05) is 11.8 Å². The molecule has 1 rings (SSSR count). The van der Waals surface area contributed by atoms with Crippen molar-refractivity contribution in [1.29, 1.82) is 0 Å². The second-order valence-electron chi connectivity index (χ2n) is 3.07. The summed E-state index contributed by atoms with van der Waals surface area (Å²) in [5.41, 5.74) is 0. The van der Waals surface area contributed by atoms with Gasteiger partial charge < -0.3 is 0 Å². The van der Waals surface area contributed by atoms with Crippen molar-refractivity contribution in [2.75, 3.05) is 6.26 Å². The summed E-state index contributed by atoms with van der Waals surface area (Å²) in [5.74, 6) is 0.892. The molecule has 1 saturated carbocycles. The van der Waals surface area contributed by atoms with E-state index in [0.29, 0.717) is 0 Å². The monoisotopic (exact) mass is 282 g/mol. The number of thioether (sulfide) groups is 1. The molecule has 0 unspecified atom stereocenters. The number of allylic oxidation sites excluding steroid dienone is 1. The van der Waals surface area contributed by atoms with E-state index in [1.165, 1.54) is 35.0 Å². The molecule has 1 fully saturated rings. The summed E-state index contributed by atoms with van der Waals surface area (Å²) in [7, 11) is 0. The molecule has 0 spiro atoms. The molecule has 0 amide bonds. The van der Waals surface area contributed by atoms with Crippen LogP contribution in [0.25, 0.3) is 0 Å². The van der Waals surface area contributed by atoms with Gasteiger partial charge in [-0.15, -0.1) is 11.8 Å². The van der Waals surface area contributed by atoms with Crippen LogP contribution in [-0.2, 0) is 0 Å². The highest BCUT2D eigenvalue weighted by atomic mass is 127.